The molecule has 3 aromatic carbocycles. The Kier molecular flexibility index (Phi) is 6.22. The minimum absolute atomic E-state index is 0.0362. The van der Waals surface area contributed by atoms with Gasteiger partial charge >= 0.3 is 6.18 Å². The summed E-state index contributed by atoms with van der Waals surface area (Å²) in [5.41, 5.74) is 2.54. The third-order valence-electron chi connectivity index (χ3n) is 7.38. The zero-order valence-corrected chi connectivity index (χ0v) is 21.1. The predicted molar refractivity (Wildman–Crippen MR) is 139 cm³/mol. The monoisotopic (exact) mass is 535 g/mol. The summed E-state index contributed by atoms with van der Waals surface area (Å²) in [7, 11) is 1.84. The second-order valence-corrected chi connectivity index (χ2v) is 10.0. The molecule has 200 valence electrons. The lowest BCUT2D eigenvalue weighted by atomic mass is 9.98. The smallest absolute Gasteiger partial charge is 0.317 e. The molecule has 1 saturated heterocycles. The van der Waals surface area contributed by atoms with Gasteiger partial charge in [0.25, 0.3) is 5.91 Å². The number of halogens is 4. The molecule has 0 radical (unpaired) electrons. The van der Waals surface area contributed by atoms with Crippen molar-refractivity contribution in [2.24, 2.45) is 7.05 Å². The molecule has 1 fully saturated rings. The molecule has 1 unspecified atom stereocenters. The molecular formula is C29H25F4N5O. The summed E-state index contributed by atoms with van der Waals surface area (Å²) in [5, 5.41) is 8.17. The first-order valence-electron chi connectivity index (χ1n) is 12.6. The quantitative estimate of drug-likeness (QED) is 0.300. The maximum atomic E-state index is 14.1. The Morgan fingerprint density at radius 3 is 2.49 bits per heavy atom. The first kappa shape index (κ1) is 25.2. The number of alkyl halides is 4. The van der Waals surface area contributed by atoms with Crippen molar-refractivity contribution in [2.45, 2.75) is 31.9 Å². The molecule has 4 aromatic rings. The van der Waals surface area contributed by atoms with Crippen molar-refractivity contribution >= 4 is 11.6 Å². The van der Waals surface area contributed by atoms with Gasteiger partial charge in [-0.05, 0) is 52.9 Å². The number of nitrogens with zero attached hydrogens (tertiary/aromatic N) is 5. The van der Waals surface area contributed by atoms with Crippen molar-refractivity contribution in [3.8, 4) is 22.5 Å². The van der Waals surface area contributed by atoms with Crippen LogP contribution in [-0.4, -0.2) is 44.8 Å². The molecule has 1 aromatic heterocycles. The molecule has 0 bridgehead atoms. The van der Waals surface area contributed by atoms with Gasteiger partial charge < -0.3 is 9.47 Å². The normalized spacial score (nSPS) is 17.7. The molecular weight excluding hydrogens is 510 g/mol. The Labute approximate surface area is 222 Å². The van der Waals surface area contributed by atoms with Gasteiger partial charge in [-0.3, -0.25) is 9.69 Å². The van der Waals surface area contributed by atoms with Crippen LogP contribution in [0.25, 0.3) is 22.5 Å². The maximum absolute atomic E-state index is 14.1. The molecule has 1 amide bonds. The lowest BCUT2D eigenvalue weighted by Gasteiger charge is -2.18. The Morgan fingerprint density at radius 1 is 1.00 bits per heavy atom. The zero-order valence-electron chi connectivity index (χ0n) is 21.1. The van der Waals surface area contributed by atoms with Crippen molar-refractivity contribution < 1.29 is 22.4 Å². The number of aromatic nitrogens is 3. The van der Waals surface area contributed by atoms with Crippen LogP contribution in [0.15, 0.2) is 67.0 Å². The average molecular weight is 536 g/mol. The highest BCUT2D eigenvalue weighted by Gasteiger charge is 2.40. The summed E-state index contributed by atoms with van der Waals surface area (Å²) in [4.78, 5) is 16.7. The first-order chi connectivity index (χ1) is 18.7. The molecule has 6 nitrogen and oxygen atoms in total. The second-order valence-electron chi connectivity index (χ2n) is 10.0. The van der Waals surface area contributed by atoms with E-state index in [0.717, 1.165) is 22.8 Å². The van der Waals surface area contributed by atoms with Crippen molar-refractivity contribution in [2.75, 3.05) is 18.0 Å². The van der Waals surface area contributed by atoms with Crippen LogP contribution in [0.4, 0.5) is 23.2 Å². The van der Waals surface area contributed by atoms with Gasteiger partial charge in [-0.2, -0.15) is 13.2 Å². The Morgan fingerprint density at radius 2 is 1.79 bits per heavy atom. The Hall–Kier alpha value is -4.05. The number of fused-ring (bicyclic) bond motifs is 1. The van der Waals surface area contributed by atoms with Crippen LogP contribution in [-0.2, 0) is 26.3 Å². The molecule has 1 atom stereocenters. The summed E-state index contributed by atoms with van der Waals surface area (Å²) in [5.74, 6) is 0.181. The van der Waals surface area contributed by atoms with Gasteiger partial charge in [-0.25, -0.2) is 4.39 Å². The lowest BCUT2D eigenvalue weighted by molar-refractivity contribution is -0.138. The number of hydrogen-bond donors (Lipinski definition) is 0. The number of benzene rings is 3. The van der Waals surface area contributed by atoms with Crippen LogP contribution in [0.2, 0.25) is 0 Å². The number of anilines is 1. The number of aryl methyl sites for hydroxylation is 1. The fourth-order valence-corrected chi connectivity index (χ4v) is 5.51. The Balaban J connectivity index is 1.36. The van der Waals surface area contributed by atoms with Gasteiger partial charge in [0.1, 0.15) is 12.5 Å². The van der Waals surface area contributed by atoms with Crippen LogP contribution < -0.4 is 4.90 Å². The van der Waals surface area contributed by atoms with Crippen LogP contribution in [0.3, 0.4) is 0 Å². The van der Waals surface area contributed by atoms with Crippen LogP contribution >= 0.6 is 0 Å². The van der Waals surface area contributed by atoms with E-state index in [0.29, 0.717) is 30.0 Å². The van der Waals surface area contributed by atoms with E-state index in [4.69, 9.17) is 0 Å². The summed E-state index contributed by atoms with van der Waals surface area (Å²) < 4.78 is 57.9. The highest BCUT2D eigenvalue weighted by molar-refractivity contribution is 6.10. The number of amides is 1. The summed E-state index contributed by atoms with van der Waals surface area (Å²) in [6.07, 6.45) is -3.64. The van der Waals surface area contributed by atoms with E-state index in [-0.39, 0.29) is 30.8 Å². The fourth-order valence-electron chi connectivity index (χ4n) is 5.51. The van der Waals surface area contributed by atoms with Crippen molar-refractivity contribution in [3.63, 3.8) is 0 Å². The van der Waals surface area contributed by atoms with Crippen LogP contribution in [0.1, 0.15) is 33.5 Å². The Bertz CT molecular complexity index is 1560. The molecule has 6 rings (SSSR count). The summed E-state index contributed by atoms with van der Waals surface area (Å²) >= 11 is 0. The molecule has 3 heterocycles. The van der Waals surface area contributed by atoms with E-state index >= 15 is 0 Å². The highest BCUT2D eigenvalue weighted by atomic mass is 19.4. The van der Waals surface area contributed by atoms with Gasteiger partial charge in [-0.1, -0.05) is 36.4 Å². The minimum Gasteiger partial charge on any atom is -0.317 e. The van der Waals surface area contributed by atoms with E-state index in [1.165, 1.54) is 11.0 Å². The molecule has 2 aliphatic rings. The van der Waals surface area contributed by atoms with Gasteiger partial charge in [0, 0.05) is 43.5 Å². The van der Waals surface area contributed by atoms with Gasteiger partial charge in [0.15, 0.2) is 5.82 Å². The molecule has 39 heavy (non-hydrogen) atoms. The van der Waals surface area contributed by atoms with Crippen LogP contribution in [0.5, 0.6) is 0 Å². The molecule has 0 aliphatic carbocycles. The van der Waals surface area contributed by atoms with Crippen molar-refractivity contribution in [1.82, 2.24) is 19.7 Å². The number of hydrogen-bond acceptors (Lipinski definition) is 4. The van der Waals surface area contributed by atoms with Gasteiger partial charge in [-0.15, -0.1) is 10.2 Å². The van der Waals surface area contributed by atoms with Crippen molar-refractivity contribution in [3.05, 3.63) is 89.2 Å². The molecule has 10 heteroatoms. The minimum atomic E-state index is -4.62. The zero-order chi connectivity index (χ0) is 27.3. The van der Waals surface area contributed by atoms with Gasteiger partial charge in [0.2, 0.25) is 0 Å². The van der Waals surface area contributed by atoms with Crippen molar-refractivity contribution in [1.29, 1.82) is 0 Å². The highest BCUT2D eigenvalue weighted by Crippen LogP contribution is 2.41. The van der Waals surface area contributed by atoms with E-state index in [9.17, 15) is 22.4 Å². The molecule has 0 spiro atoms. The van der Waals surface area contributed by atoms with E-state index in [1.807, 2.05) is 37.4 Å². The molecule has 2 aliphatic heterocycles. The fraction of sp³-hybridized carbons (Fsp3) is 0.276. The molecule has 0 saturated carbocycles. The number of carbonyl (C=O) groups is 1. The summed E-state index contributed by atoms with van der Waals surface area (Å²) in [6.45, 7) is 0.635. The van der Waals surface area contributed by atoms with E-state index < -0.39 is 23.8 Å². The first-order valence-corrected chi connectivity index (χ1v) is 12.6. The second kappa shape index (κ2) is 9.60. The maximum Gasteiger partial charge on any atom is 0.416 e. The average Bonchev–Trinajstić information content (AvgIpc) is 3.62. The third kappa shape index (κ3) is 4.69. The van der Waals surface area contributed by atoms with Crippen LogP contribution in [0, 0.1) is 0 Å². The van der Waals surface area contributed by atoms with E-state index in [1.54, 1.807) is 34.0 Å². The predicted octanol–water partition coefficient (Wildman–Crippen LogP) is 5.87. The number of carbonyl (C=O) groups excluding carboxylic acids is 1. The largest absolute Gasteiger partial charge is 0.416 e. The number of likely N-dealkylation sites (tertiary alicyclic amines) is 1. The topological polar surface area (TPSA) is 54.3 Å². The standard InChI is InChI=1S/C29H25F4N5O/c1-36-17-34-35-27(36)23-8-3-2-7-22(23)19-5-4-6-21(13-19)38-16-25-24(28(38)39)11-18(12-26(25)29(31,32)33)14-37-10-9-20(30)15-37/h2-8,11-13,17,20H,9-10,14-16H2,1H3. The SMILES string of the molecule is Cn1cnnc1-c1ccccc1-c1cccc(N2Cc3c(cc(CN4CCC(F)C4)cc3C(F)(F)F)C2=O)c1. The third-order valence-corrected chi connectivity index (χ3v) is 7.38. The van der Waals surface area contributed by atoms with Gasteiger partial charge in [0.05, 0.1) is 12.1 Å². The van der Waals surface area contributed by atoms with E-state index in [2.05, 4.69) is 10.2 Å². The molecule has 0 N–H and O–H groups in total. The summed E-state index contributed by atoms with van der Waals surface area (Å²) in [6, 6.07) is 17.5. The number of rotatable bonds is 5. The lowest BCUT2D eigenvalue weighted by Crippen LogP contribution is -2.23.